The van der Waals surface area contributed by atoms with Gasteiger partial charge in [0.1, 0.15) is 11.6 Å². The van der Waals surface area contributed by atoms with E-state index in [-0.39, 0.29) is 11.8 Å². The first-order valence-corrected chi connectivity index (χ1v) is 17.0. The topological polar surface area (TPSA) is 111 Å². The van der Waals surface area contributed by atoms with E-state index in [1.54, 1.807) is 7.11 Å². The zero-order valence-electron chi connectivity index (χ0n) is 28.8. The largest absolute Gasteiger partial charge is 0.497 e. The maximum atomic E-state index is 12.2. The van der Waals surface area contributed by atoms with Crippen LogP contribution in [0.4, 0.5) is 5.82 Å². The fourth-order valence-electron chi connectivity index (χ4n) is 6.17. The molecule has 0 aliphatic heterocycles. The van der Waals surface area contributed by atoms with E-state index in [2.05, 4.69) is 78.8 Å². The number of rotatable bonds is 19. The van der Waals surface area contributed by atoms with Gasteiger partial charge in [0.25, 0.3) is 0 Å². The minimum atomic E-state index is 0.116. The predicted octanol–water partition coefficient (Wildman–Crippen LogP) is 6.85. The quantitative estimate of drug-likeness (QED) is 0.0844. The number of nitrogens with one attached hydrogen (secondary N) is 4. The highest BCUT2D eigenvalue weighted by molar-refractivity contribution is 6.18. The summed E-state index contributed by atoms with van der Waals surface area (Å²) in [5.41, 5.74) is 4.71. The molecule has 2 heterocycles. The van der Waals surface area contributed by atoms with Gasteiger partial charge in [-0.2, -0.15) is 0 Å². The number of ether oxygens (including phenoxy) is 1. The van der Waals surface area contributed by atoms with Crippen LogP contribution in [-0.2, 0) is 9.59 Å². The molecule has 0 saturated heterocycles. The van der Waals surface area contributed by atoms with Crippen molar-refractivity contribution < 1.29 is 14.3 Å². The van der Waals surface area contributed by atoms with E-state index in [4.69, 9.17) is 9.72 Å². The van der Waals surface area contributed by atoms with Gasteiger partial charge in [0.05, 0.1) is 12.6 Å². The number of benzene rings is 2. The van der Waals surface area contributed by atoms with Gasteiger partial charge in [0.15, 0.2) is 0 Å². The number of H-pyrrole nitrogens is 1. The standard InChI is InChI=1S/C37H54N6O3/c1-25(2)13-16-33(45)38-18-9-7-8-12-32(44)39-19-10-22-43(5)23-11-20-40-37-35-27(4)34-30-24-28(46-6)14-15-31(30)42-36(34)26(3)29(35)17-21-41-37/h14-15,17,21,24-25,42H,7-13,16,18-20,22-23H2,1-6H3,(H,38,45)(H,39,44)(H,40,41). The third-order valence-electron chi connectivity index (χ3n) is 8.89. The molecule has 2 amide bonds. The Labute approximate surface area is 274 Å². The van der Waals surface area contributed by atoms with Gasteiger partial charge in [0, 0.05) is 60.3 Å². The van der Waals surface area contributed by atoms with Crippen LogP contribution in [0.2, 0.25) is 0 Å². The summed E-state index contributed by atoms with van der Waals surface area (Å²) in [6.45, 7) is 12.7. The summed E-state index contributed by atoms with van der Waals surface area (Å²) in [6.07, 6.45) is 8.60. The van der Waals surface area contributed by atoms with Crippen molar-refractivity contribution in [3.8, 4) is 5.75 Å². The van der Waals surface area contributed by atoms with Crippen molar-refractivity contribution in [2.75, 3.05) is 52.2 Å². The second-order valence-electron chi connectivity index (χ2n) is 13.0. The Morgan fingerprint density at radius 3 is 2.33 bits per heavy atom. The van der Waals surface area contributed by atoms with Gasteiger partial charge >= 0.3 is 0 Å². The molecule has 250 valence electrons. The van der Waals surface area contributed by atoms with Gasteiger partial charge in [-0.05, 0) is 113 Å². The van der Waals surface area contributed by atoms with Crippen molar-refractivity contribution in [3.05, 3.63) is 41.6 Å². The van der Waals surface area contributed by atoms with E-state index in [9.17, 15) is 9.59 Å². The van der Waals surface area contributed by atoms with Gasteiger partial charge in [-0.1, -0.05) is 20.3 Å². The lowest BCUT2D eigenvalue weighted by Crippen LogP contribution is -2.29. The van der Waals surface area contributed by atoms with Crippen LogP contribution in [-0.4, -0.2) is 73.6 Å². The average Bonchev–Trinajstić information content (AvgIpc) is 3.43. The zero-order chi connectivity index (χ0) is 33.1. The number of hydrogen-bond donors (Lipinski definition) is 4. The summed E-state index contributed by atoms with van der Waals surface area (Å²) in [6, 6.07) is 8.30. The van der Waals surface area contributed by atoms with Crippen LogP contribution in [0.3, 0.4) is 0 Å². The summed E-state index contributed by atoms with van der Waals surface area (Å²) in [4.78, 5) is 34.7. The Morgan fingerprint density at radius 2 is 1.59 bits per heavy atom. The molecule has 0 aliphatic rings. The van der Waals surface area contributed by atoms with Crippen molar-refractivity contribution in [2.24, 2.45) is 5.92 Å². The summed E-state index contributed by atoms with van der Waals surface area (Å²) in [7, 11) is 3.84. The number of fused-ring (bicyclic) bond motifs is 4. The Balaban J connectivity index is 1.15. The maximum Gasteiger partial charge on any atom is 0.220 e. The molecule has 0 bridgehead atoms. The number of hydrogen-bond acceptors (Lipinski definition) is 6. The monoisotopic (exact) mass is 630 g/mol. The number of pyridine rings is 1. The van der Waals surface area contributed by atoms with Gasteiger partial charge in [0.2, 0.25) is 11.8 Å². The third kappa shape index (κ3) is 9.34. The van der Waals surface area contributed by atoms with Crippen LogP contribution >= 0.6 is 0 Å². The highest BCUT2D eigenvalue weighted by Gasteiger charge is 2.17. The molecule has 9 heteroatoms. The third-order valence-corrected chi connectivity index (χ3v) is 8.89. The van der Waals surface area contributed by atoms with E-state index in [0.29, 0.717) is 31.8 Å². The Kier molecular flexibility index (Phi) is 13.1. The summed E-state index contributed by atoms with van der Waals surface area (Å²) in [5.74, 6) is 2.57. The first-order valence-electron chi connectivity index (χ1n) is 17.0. The molecule has 4 rings (SSSR count). The van der Waals surface area contributed by atoms with Gasteiger partial charge < -0.3 is 30.6 Å². The number of aromatic amines is 1. The molecule has 0 saturated carbocycles. The Hall–Kier alpha value is -3.85. The van der Waals surface area contributed by atoms with Crippen molar-refractivity contribution in [1.29, 1.82) is 0 Å². The Morgan fingerprint density at radius 1 is 0.870 bits per heavy atom. The van der Waals surface area contributed by atoms with Crippen LogP contribution in [0.25, 0.3) is 32.6 Å². The number of carbonyl (C=O) groups excluding carboxylic acids is 2. The molecule has 0 unspecified atom stereocenters. The molecule has 9 nitrogen and oxygen atoms in total. The maximum absolute atomic E-state index is 12.2. The van der Waals surface area contributed by atoms with Crippen molar-refractivity contribution in [1.82, 2.24) is 25.5 Å². The lowest BCUT2D eigenvalue weighted by Gasteiger charge is -2.18. The molecule has 4 aromatic rings. The fourth-order valence-corrected chi connectivity index (χ4v) is 6.17. The number of carbonyl (C=O) groups is 2. The van der Waals surface area contributed by atoms with E-state index in [1.165, 1.54) is 32.7 Å². The predicted molar refractivity (Wildman–Crippen MR) is 191 cm³/mol. The van der Waals surface area contributed by atoms with Gasteiger partial charge in [-0.15, -0.1) is 0 Å². The number of aryl methyl sites for hydroxylation is 2. The van der Waals surface area contributed by atoms with Gasteiger partial charge in [-0.25, -0.2) is 4.98 Å². The SMILES string of the molecule is COc1ccc2[nH]c3c(C)c4ccnc(NCCCN(C)CCCNC(=O)CCCCCNC(=O)CCC(C)C)c4c(C)c3c2c1. The van der Waals surface area contributed by atoms with E-state index in [1.807, 2.05) is 12.3 Å². The molecule has 0 spiro atoms. The number of aromatic nitrogens is 2. The van der Waals surface area contributed by atoms with Crippen molar-refractivity contribution in [2.45, 2.75) is 79.1 Å². The van der Waals surface area contributed by atoms with Crippen molar-refractivity contribution >= 4 is 50.2 Å². The first kappa shape index (κ1) is 35.0. The number of methoxy groups -OCH3 is 1. The van der Waals surface area contributed by atoms with E-state index < -0.39 is 0 Å². The molecule has 2 aromatic heterocycles. The normalized spacial score (nSPS) is 11.7. The minimum Gasteiger partial charge on any atom is -0.497 e. The molecule has 2 aromatic carbocycles. The summed E-state index contributed by atoms with van der Waals surface area (Å²) >= 11 is 0. The molecule has 4 N–H and O–H groups in total. The Bertz CT molecular complexity index is 1610. The van der Waals surface area contributed by atoms with Gasteiger partial charge in [-0.3, -0.25) is 9.59 Å². The lowest BCUT2D eigenvalue weighted by atomic mass is 9.96. The molecule has 0 aliphatic carbocycles. The van der Waals surface area contributed by atoms with Crippen LogP contribution in [0.1, 0.15) is 76.3 Å². The second-order valence-corrected chi connectivity index (χ2v) is 13.0. The smallest absolute Gasteiger partial charge is 0.220 e. The number of nitrogens with zero attached hydrogens (tertiary/aromatic N) is 2. The summed E-state index contributed by atoms with van der Waals surface area (Å²) in [5, 5.41) is 14.4. The molecule has 0 atom stereocenters. The fraction of sp³-hybridized carbons (Fsp3) is 0.541. The van der Waals surface area contributed by atoms with Crippen molar-refractivity contribution in [3.63, 3.8) is 0 Å². The zero-order valence-corrected chi connectivity index (χ0v) is 28.8. The first-order chi connectivity index (χ1) is 22.2. The number of amides is 2. The molecule has 0 fully saturated rings. The van der Waals surface area contributed by atoms with Crippen LogP contribution in [0.5, 0.6) is 5.75 Å². The molecule has 0 radical (unpaired) electrons. The van der Waals surface area contributed by atoms with E-state index >= 15 is 0 Å². The average molecular weight is 631 g/mol. The highest BCUT2D eigenvalue weighted by atomic mass is 16.5. The lowest BCUT2D eigenvalue weighted by molar-refractivity contribution is -0.122. The number of anilines is 1. The molecular formula is C37H54N6O3. The number of unbranched alkanes of at least 4 members (excludes halogenated alkanes) is 2. The second kappa shape index (κ2) is 17.2. The van der Waals surface area contributed by atoms with Crippen LogP contribution in [0, 0.1) is 19.8 Å². The minimum absolute atomic E-state index is 0.116. The molecule has 46 heavy (non-hydrogen) atoms. The van der Waals surface area contributed by atoms with Crippen LogP contribution in [0.15, 0.2) is 30.5 Å². The van der Waals surface area contributed by atoms with E-state index in [0.717, 1.165) is 80.8 Å². The molecular weight excluding hydrogens is 576 g/mol. The highest BCUT2D eigenvalue weighted by Crippen LogP contribution is 2.39. The van der Waals surface area contributed by atoms with Crippen LogP contribution < -0.4 is 20.7 Å². The summed E-state index contributed by atoms with van der Waals surface area (Å²) < 4.78 is 5.52.